The van der Waals surface area contributed by atoms with Crippen LogP contribution in [0, 0.1) is 0 Å². The summed E-state index contributed by atoms with van der Waals surface area (Å²) in [6.07, 6.45) is 0. The summed E-state index contributed by atoms with van der Waals surface area (Å²) in [6.45, 7) is 0. The van der Waals surface area contributed by atoms with Crippen molar-refractivity contribution in [2.24, 2.45) is 7.05 Å². The first kappa shape index (κ1) is 21.5. The van der Waals surface area contributed by atoms with E-state index < -0.39 is 0 Å². The molecule has 0 aliphatic heterocycles. The summed E-state index contributed by atoms with van der Waals surface area (Å²) in [6, 6.07) is 13.3. The molecule has 1 N–H and O–H groups in total. The van der Waals surface area contributed by atoms with E-state index in [9.17, 15) is 4.79 Å². The predicted octanol–water partition coefficient (Wildman–Crippen LogP) is 3.30. The maximum atomic E-state index is 12.5. The monoisotopic (exact) mass is 427 g/mol. The van der Waals surface area contributed by atoms with Gasteiger partial charge in [-0.25, -0.2) is 0 Å². The van der Waals surface area contributed by atoms with Gasteiger partial charge in [0.15, 0.2) is 11.0 Å². The molecule has 9 heteroatoms. The molecule has 0 aliphatic carbocycles. The lowest BCUT2D eigenvalue weighted by atomic mass is 10.2. The third kappa shape index (κ3) is 4.85. The second kappa shape index (κ2) is 9.53. The van der Waals surface area contributed by atoms with Crippen LogP contribution in [0.5, 0.6) is 11.5 Å². The quantitative estimate of drug-likeness (QED) is 0.553. The van der Waals surface area contributed by atoms with Crippen LogP contribution < -0.4 is 19.7 Å². The molecule has 3 aromatic rings. The topological polar surface area (TPSA) is 81.5 Å². The highest BCUT2D eigenvalue weighted by Crippen LogP contribution is 2.29. The summed E-state index contributed by atoms with van der Waals surface area (Å²) in [4.78, 5) is 14.5. The molecule has 1 heterocycles. The molecule has 2 aromatic carbocycles. The maximum Gasteiger partial charge on any atom is 0.234 e. The number of carbonyl (C=O) groups excluding carboxylic acids is 1. The second-order valence-corrected chi connectivity index (χ2v) is 7.65. The molecule has 1 amide bonds. The van der Waals surface area contributed by atoms with E-state index in [0.717, 1.165) is 17.1 Å². The Balaban J connectivity index is 1.66. The number of ether oxygens (including phenoxy) is 2. The lowest BCUT2D eigenvalue weighted by Gasteiger charge is -2.12. The number of nitrogens with one attached hydrogen (secondary N) is 1. The van der Waals surface area contributed by atoms with E-state index in [2.05, 4.69) is 15.5 Å². The van der Waals surface area contributed by atoms with Crippen molar-refractivity contribution in [3.63, 3.8) is 0 Å². The Labute approximate surface area is 180 Å². The van der Waals surface area contributed by atoms with Gasteiger partial charge in [0.25, 0.3) is 0 Å². The Morgan fingerprint density at radius 2 is 1.83 bits per heavy atom. The number of aromatic nitrogens is 3. The fourth-order valence-corrected chi connectivity index (χ4v) is 3.54. The van der Waals surface area contributed by atoms with Crippen LogP contribution in [0.2, 0.25) is 0 Å². The molecule has 0 saturated carbocycles. The Morgan fingerprint density at radius 1 is 1.10 bits per heavy atom. The van der Waals surface area contributed by atoms with E-state index in [1.165, 1.54) is 11.8 Å². The highest BCUT2D eigenvalue weighted by atomic mass is 32.2. The molecule has 0 fully saturated rings. The fourth-order valence-electron chi connectivity index (χ4n) is 2.83. The second-order valence-electron chi connectivity index (χ2n) is 6.71. The molecule has 0 unspecified atom stereocenters. The number of thioether (sulfide) groups is 1. The standard InChI is InChI=1S/C21H25N5O3S/c1-25(2)15-8-6-14(7-9-15)20-23-24-21(26(20)3)30-13-19(27)22-17-12-16(28-4)10-11-18(17)29-5/h6-12H,13H2,1-5H3,(H,22,27). The van der Waals surface area contributed by atoms with Crippen molar-refractivity contribution in [2.45, 2.75) is 5.16 Å². The first-order valence-corrected chi connectivity index (χ1v) is 10.2. The third-order valence-corrected chi connectivity index (χ3v) is 5.51. The van der Waals surface area contributed by atoms with Crippen molar-refractivity contribution in [1.29, 1.82) is 0 Å². The van der Waals surface area contributed by atoms with Gasteiger partial charge in [-0.3, -0.25) is 4.79 Å². The zero-order chi connectivity index (χ0) is 21.7. The van der Waals surface area contributed by atoms with E-state index in [-0.39, 0.29) is 11.7 Å². The molecule has 0 spiro atoms. The zero-order valence-corrected chi connectivity index (χ0v) is 18.5. The summed E-state index contributed by atoms with van der Waals surface area (Å²) in [5, 5.41) is 12.0. The smallest absolute Gasteiger partial charge is 0.234 e. The SMILES string of the molecule is COc1ccc(OC)c(NC(=O)CSc2nnc(-c3ccc(N(C)C)cc3)n2C)c1. The minimum Gasteiger partial charge on any atom is -0.497 e. The molecule has 8 nitrogen and oxygen atoms in total. The van der Waals surface area contributed by atoms with Gasteiger partial charge in [-0.1, -0.05) is 11.8 Å². The highest BCUT2D eigenvalue weighted by Gasteiger charge is 2.14. The molecule has 0 atom stereocenters. The number of anilines is 2. The van der Waals surface area contributed by atoms with Crippen molar-refractivity contribution < 1.29 is 14.3 Å². The van der Waals surface area contributed by atoms with E-state index >= 15 is 0 Å². The minimum atomic E-state index is -0.175. The molecule has 0 aliphatic rings. The summed E-state index contributed by atoms with van der Waals surface area (Å²) in [5.74, 6) is 1.96. The van der Waals surface area contributed by atoms with Gasteiger partial charge in [0.05, 0.1) is 25.7 Å². The van der Waals surface area contributed by atoms with Crippen LogP contribution in [0.4, 0.5) is 11.4 Å². The van der Waals surface area contributed by atoms with Crippen molar-refractivity contribution >= 4 is 29.0 Å². The Morgan fingerprint density at radius 3 is 2.47 bits per heavy atom. The van der Waals surface area contributed by atoms with Gasteiger partial charge in [0.1, 0.15) is 11.5 Å². The number of amides is 1. The van der Waals surface area contributed by atoms with Crippen molar-refractivity contribution in [1.82, 2.24) is 14.8 Å². The Kier molecular flexibility index (Phi) is 6.83. The molecule has 0 radical (unpaired) electrons. The molecule has 158 valence electrons. The minimum absolute atomic E-state index is 0.175. The highest BCUT2D eigenvalue weighted by molar-refractivity contribution is 7.99. The number of nitrogens with zero attached hydrogens (tertiary/aromatic N) is 4. The molecular weight excluding hydrogens is 402 g/mol. The van der Waals surface area contributed by atoms with Crippen molar-refractivity contribution in [3.05, 3.63) is 42.5 Å². The first-order chi connectivity index (χ1) is 14.4. The van der Waals surface area contributed by atoms with Gasteiger partial charge in [0, 0.05) is 38.5 Å². The van der Waals surface area contributed by atoms with E-state index in [1.807, 2.05) is 54.9 Å². The van der Waals surface area contributed by atoms with E-state index in [1.54, 1.807) is 32.4 Å². The zero-order valence-electron chi connectivity index (χ0n) is 17.7. The van der Waals surface area contributed by atoms with Crippen LogP contribution in [-0.2, 0) is 11.8 Å². The number of hydrogen-bond acceptors (Lipinski definition) is 7. The van der Waals surface area contributed by atoms with Crippen LogP contribution in [0.1, 0.15) is 0 Å². The van der Waals surface area contributed by atoms with E-state index in [0.29, 0.717) is 22.3 Å². The van der Waals surface area contributed by atoms with Crippen LogP contribution in [-0.4, -0.2) is 54.7 Å². The van der Waals surface area contributed by atoms with Gasteiger partial charge in [-0.05, 0) is 36.4 Å². The lowest BCUT2D eigenvalue weighted by molar-refractivity contribution is -0.113. The number of hydrogen-bond donors (Lipinski definition) is 1. The largest absolute Gasteiger partial charge is 0.497 e. The van der Waals surface area contributed by atoms with Gasteiger partial charge in [-0.15, -0.1) is 10.2 Å². The van der Waals surface area contributed by atoms with E-state index in [4.69, 9.17) is 9.47 Å². The molecule has 0 saturated heterocycles. The lowest BCUT2D eigenvalue weighted by Crippen LogP contribution is -2.15. The first-order valence-electron chi connectivity index (χ1n) is 9.24. The predicted molar refractivity (Wildman–Crippen MR) is 120 cm³/mol. The molecule has 1 aromatic heterocycles. The molecule has 3 rings (SSSR count). The summed E-state index contributed by atoms with van der Waals surface area (Å²) >= 11 is 1.32. The molecule has 30 heavy (non-hydrogen) atoms. The van der Waals surface area contributed by atoms with Crippen molar-refractivity contribution in [2.75, 3.05) is 44.3 Å². The fraction of sp³-hybridized carbons (Fsp3) is 0.286. The summed E-state index contributed by atoms with van der Waals surface area (Å²) in [7, 11) is 9.01. The third-order valence-electron chi connectivity index (χ3n) is 4.49. The maximum absolute atomic E-state index is 12.5. The van der Waals surface area contributed by atoms with Crippen LogP contribution in [0.3, 0.4) is 0 Å². The van der Waals surface area contributed by atoms with Crippen LogP contribution >= 0.6 is 11.8 Å². The van der Waals surface area contributed by atoms with Gasteiger partial charge in [-0.2, -0.15) is 0 Å². The summed E-state index contributed by atoms with van der Waals surface area (Å²) < 4.78 is 12.4. The van der Waals surface area contributed by atoms with Gasteiger partial charge >= 0.3 is 0 Å². The molecular formula is C21H25N5O3S. The molecule has 0 bridgehead atoms. The van der Waals surface area contributed by atoms with Gasteiger partial charge < -0.3 is 24.3 Å². The van der Waals surface area contributed by atoms with Crippen molar-refractivity contribution in [3.8, 4) is 22.9 Å². The van der Waals surface area contributed by atoms with Crippen LogP contribution in [0.25, 0.3) is 11.4 Å². The van der Waals surface area contributed by atoms with Crippen LogP contribution in [0.15, 0.2) is 47.6 Å². The number of carbonyl (C=O) groups is 1. The average molecular weight is 428 g/mol. The number of methoxy groups -OCH3 is 2. The number of benzene rings is 2. The van der Waals surface area contributed by atoms with Gasteiger partial charge in [0.2, 0.25) is 5.91 Å². The average Bonchev–Trinajstić information content (AvgIpc) is 3.12. The summed E-state index contributed by atoms with van der Waals surface area (Å²) in [5.41, 5.74) is 2.63. The number of rotatable bonds is 8. The Hall–Kier alpha value is -3.20. The normalized spacial score (nSPS) is 10.6. The Bertz CT molecular complexity index is 1020.